The SMILES string of the molecule is C1=Cc2ccccc2NN=C1.CN1C(=O)C(O)N=C(c2ccccc2)c2cc(Cl)ccc21. The number of aliphatic hydroxyl groups excluding tert-OH is 1. The van der Waals surface area contributed by atoms with Crippen molar-refractivity contribution in [2.75, 3.05) is 17.4 Å². The Kier molecular flexibility index (Phi) is 6.44. The summed E-state index contributed by atoms with van der Waals surface area (Å²) in [5.41, 5.74) is 7.93. The highest BCUT2D eigenvalue weighted by atomic mass is 35.5. The van der Waals surface area contributed by atoms with Gasteiger partial charge in [-0.3, -0.25) is 10.2 Å². The summed E-state index contributed by atoms with van der Waals surface area (Å²) in [7, 11) is 1.61. The first-order valence-electron chi connectivity index (χ1n) is 9.98. The normalized spacial score (nSPS) is 16.5. The number of likely N-dealkylation sites (N-methyl/N-ethyl adjacent to an activating group) is 1. The van der Waals surface area contributed by atoms with E-state index in [2.05, 4.69) is 15.5 Å². The maximum Gasteiger partial charge on any atom is 0.278 e. The second-order valence-corrected chi connectivity index (χ2v) is 7.55. The fourth-order valence-corrected chi connectivity index (χ4v) is 3.57. The first kappa shape index (κ1) is 21.5. The number of fused-ring (bicyclic) bond motifs is 2. The van der Waals surface area contributed by atoms with Gasteiger partial charge in [-0.05, 0) is 35.9 Å². The molecule has 0 bridgehead atoms. The summed E-state index contributed by atoms with van der Waals surface area (Å²) < 4.78 is 0. The Balaban J connectivity index is 0.000000186. The number of benzene rings is 3. The van der Waals surface area contributed by atoms with E-state index in [9.17, 15) is 9.90 Å². The Bertz CT molecular complexity index is 1220. The van der Waals surface area contributed by atoms with E-state index in [1.54, 1.807) is 31.5 Å². The molecule has 160 valence electrons. The molecule has 0 aliphatic carbocycles. The molecule has 3 aromatic carbocycles. The molecule has 0 spiro atoms. The predicted molar refractivity (Wildman–Crippen MR) is 131 cm³/mol. The number of rotatable bonds is 1. The molecular formula is C25H21ClN4O2. The Hall–Kier alpha value is -3.74. The van der Waals surface area contributed by atoms with E-state index < -0.39 is 12.1 Å². The lowest BCUT2D eigenvalue weighted by Crippen LogP contribution is -2.34. The number of aliphatic imine (C=N–C) groups is 1. The van der Waals surface area contributed by atoms with Crippen LogP contribution in [0.5, 0.6) is 0 Å². The molecule has 5 rings (SSSR count). The van der Waals surface area contributed by atoms with Crippen LogP contribution >= 0.6 is 11.6 Å². The number of para-hydroxylation sites is 1. The van der Waals surface area contributed by atoms with Gasteiger partial charge in [0.1, 0.15) is 0 Å². The molecule has 32 heavy (non-hydrogen) atoms. The van der Waals surface area contributed by atoms with Crippen molar-refractivity contribution in [3.8, 4) is 0 Å². The minimum Gasteiger partial charge on any atom is -0.364 e. The number of aliphatic hydroxyl groups is 1. The molecule has 6 nitrogen and oxygen atoms in total. The molecule has 0 saturated carbocycles. The number of hydrogen-bond donors (Lipinski definition) is 2. The van der Waals surface area contributed by atoms with Gasteiger partial charge in [0.05, 0.1) is 17.1 Å². The van der Waals surface area contributed by atoms with Gasteiger partial charge in [0.2, 0.25) is 6.23 Å². The first-order chi connectivity index (χ1) is 15.5. The third-order valence-corrected chi connectivity index (χ3v) is 5.24. The number of benzodiazepines with no additional fused rings is 1. The number of amides is 1. The molecule has 0 fully saturated rings. The van der Waals surface area contributed by atoms with Gasteiger partial charge in [-0.1, -0.05) is 66.2 Å². The van der Waals surface area contributed by atoms with Crippen LogP contribution in [0.25, 0.3) is 6.08 Å². The van der Waals surface area contributed by atoms with E-state index in [4.69, 9.17) is 11.6 Å². The van der Waals surface area contributed by atoms with Gasteiger partial charge in [0.25, 0.3) is 5.91 Å². The van der Waals surface area contributed by atoms with Gasteiger partial charge in [0.15, 0.2) is 0 Å². The van der Waals surface area contributed by atoms with Crippen molar-refractivity contribution in [2.24, 2.45) is 10.1 Å². The van der Waals surface area contributed by atoms with Gasteiger partial charge >= 0.3 is 0 Å². The van der Waals surface area contributed by atoms with E-state index >= 15 is 0 Å². The van der Waals surface area contributed by atoms with Gasteiger partial charge in [0, 0.05) is 29.4 Å². The van der Waals surface area contributed by atoms with Crippen molar-refractivity contribution in [1.29, 1.82) is 0 Å². The molecule has 2 aliphatic rings. The molecule has 7 heteroatoms. The molecule has 1 atom stereocenters. The Labute approximate surface area is 191 Å². The van der Waals surface area contributed by atoms with Crippen molar-refractivity contribution in [3.05, 3.63) is 101 Å². The minimum atomic E-state index is -1.42. The van der Waals surface area contributed by atoms with Crippen molar-refractivity contribution in [3.63, 3.8) is 0 Å². The molecule has 3 aromatic rings. The van der Waals surface area contributed by atoms with Crippen LogP contribution in [-0.4, -0.2) is 36.2 Å². The molecule has 2 heterocycles. The van der Waals surface area contributed by atoms with Crippen LogP contribution in [0.3, 0.4) is 0 Å². The predicted octanol–water partition coefficient (Wildman–Crippen LogP) is 4.58. The summed E-state index contributed by atoms with van der Waals surface area (Å²) in [5.74, 6) is -0.468. The van der Waals surface area contributed by atoms with Crippen molar-refractivity contribution >= 4 is 46.9 Å². The zero-order valence-electron chi connectivity index (χ0n) is 17.3. The standard InChI is InChI=1S/C16H13ClN2O2.C9H8N2/c1-19-13-8-7-11(17)9-12(13)14(18-15(20)16(19)21)10-5-3-2-4-6-10;1-2-6-9-8(4-1)5-3-7-10-11-9/h2-9,15,20H,1H3;1-7,11H. The highest BCUT2D eigenvalue weighted by molar-refractivity contribution is 6.32. The van der Waals surface area contributed by atoms with Crippen LogP contribution in [0.4, 0.5) is 11.4 Å². The lowest BCUT2D eigenvalue weighted by molar-refractivity contribution is -0.125. The van der Waals surface area contributed by atoms with Crippen LogP contribution in [0.15, 0.2) is 89.0 Å². The molecule has 0 aromatic heterocycles. The van der Waals surface area contributed by atoms with Crippen molar-refractivity contribution in [1.82, 2.24) is 0 Å². The number of carbonyl (C=O) groups excluding carboxylic acids is 1. The van der Waals surface area contributed by atoms with Crippen molar-refractivity contribution in [2.45, 2.75) is 6.23 Å². The van der Waals surface area contributed by atoms with Crippen LogP contribution in [0, 0.1) is 0 Å². The number of allylic oxidation sites excluding steroid dienone is 1. The maximum absolute atomic E-state index is 12.1. The fourth-order valence-electron chi connectivity index (χ4n) is 3.40. The molecule has 0 saturated heterocycles. The number of hydrazone groups is 1. The second-order valence-electron chi connectivity index (χ2n) is 7.11. The Morgan fingerprint density at radius 3 is 2.59 bits per heavy atom. The molecule has 1 unspecified atom stereocenters. The first-order valence-corrected chi connectivity index (χ1v) is 10.4. The van der Waals surface area contributed by atoms with Crippen LogP contribution in [0.2, 0.25) is 5.02 Å². The smallest absolute Gasteiger partial charge is 0.278 e. The molecule has 2 N–H and O–H groups in total. The topological polar surface area (TPSA) is 77.3 Å². The number of anilines is 2. The van der Waals surface area contributed by atoms with Gasteiger partial charge in [-0.15, -0.1) is 0 Å². The summed E-state index contributed by atoms with van der Waals surface area (Å²) in [6.45, 7) is 0. The number of carbonyl (C=O) groups is 1. The van der Waals surface area contributed by atoms with E-state index in [0.717, 1.165) is 16.8 Å². The summed E-state index contributed by atoms with van der Waals surface area (Å²) >= 11 is 6.08. The minimum absolute atomic E-state index is 0.468. The monoisotopic (exact) mass is 444 g/mol. The van der Waals surface area contributed by atoms with Crippen molar-refractivity contribution < 1.29 is 9.90 Å². The Morgan fingerprint density at radius 2 is 1.78 bits per heavy atom. The summed E-state index contributed by atoms with van der Waals surface area (Å²) in [6, 6.07) is 22.7. The lowest BCUT2D eigenvalue weighted by atomic mass is 10.0. The van der Waals surface area contributed by atoms with E-state index in [-0.39, 0.29) is 0 Å². The highest BCUT2D eigenvalue weighted by Gasteiger charge is 2.28. The molecule has 2 aliphatic heterocycles. The van der Waals surface area contributed by atoms with Crippen LogP contribution in [0.1, 0.15) is 16.7 Å². The second kappa shape index (κ2) is 9.60. The van der Waals surface area contributed by atoms with Crippen LogP contribution < -0.4 is 10.3 Å². The quantitative estimate of drug-likeness (QED) is 0.576. The highest BCUT2D eigenvalue weighted by Crippen LogP contribution is 2.29. The zero-order chi connectivity index (χ0) is 22.5. The van der Waals surface area contributed by atoms with Gasteiger partial charge < -0.3 is 10.0 Å². The van der Waals surface area contributed by atoms with E-state index in [1.807, 2.05) is 66.7 Å². The fraction of sp³-hybridized carbons (Fsp3) is 0.0800. The number of nitrogens with one attached hydrogen (secondary N) is 1. The third-order valence-electron chi connectivity index (χ3n) is 5.01. The third kappa shape index (κ3) is 4.61. The summed E-state index contributed by atoms with van der Waals surface area (Å²) in [5, 5.41) is 14.5. The van der Waals surface area contributed by atoms with Gasteiger partial charge in [-0.2, -0.15) is 5.10 Å². The summed E-state index contributed by atoms with van der Waals surface area (Å²) in [6.07, 6.45) is 4.26. The van der Waals surface area contributed by atoms with Gasteiger partial charge in [-0.25, -0.2) is 4.99 Å². The van der Waals surface area contributed by atoms with Crippen LogP contribution in [-0.2, 0) is 4.79 Å². The number of nitrogens with zero attached hydrogens (tertiary/aromatic N) is 3. The average Bonchev–Trinajstić information content (AvgIpc) is 3.12. The zero-order valence-corrected chi connectivity index (χ0v) is 18.1. The molecule has 0 radical (unpaired) electrons. The Morgan fingerprint density at radius 1 is 1.03 bits per heavy atom. The number of halogens is 1. The lowest BCUT2D eigenvalue weighted by Gasteiger charge is -2.18. The largest absolute Gasteiger partial charge is 0.364 e. The van der Waals surface area contributed by atoms with E-state index in [0.29, 0.717) is 16.4 Å². The number of hydrogen-bond acceptors (Lipinski definition) is 5. The van der Waals surface area contributed by atoms with E-state index in [1.165, 1.54) is 10.5 Å². The average molecular weight is 445 g/mol. The molecule has 1 amide bonds. The molecular weight excluding hydrogens is 424 g/mol. The summed E-state index contributed by atoms with van der Waals surface area (Å²) in [4.78, 5) is 17.7. The maximum atomic E-state index is 12.1.